The van der Waals surface area contributed by atoms with Crippen molar-refractivity contribution in [3.8, 4) is 23.8 Å². The summed E-state index contributed by atoms with van der Waals surface area (Å²) in [7, 11) is 3.45. The van der Waals surface area contributed by atoms with Gasteiger partial charge in [-0.3, -0.25) is 14.4 Å². The van der Waals surface area contributed by atoms with Crippen LogP contribution in [-0.4, -0.2) is 66.9 Å². The summed E-state index contributed by atoms with van der Waals surface area (Å²) in [4.78, 5) is 19.5. The van der Waals surface area contributed by atoms with E-state index in [1.54, 1.807) is 12.1 Å². The maximum Gasteiger partial charge on any atom is 0.239 e. The number of nitrogens with one attached hydrogen (secondary N) is 1. The topological polar surface area (TPSA) is 110 Å². The highest BCUT2D eigenvalue weighted by Crippen LogP contribution is 2.38. The number of amidine groups is 1. The van der Waals surface area contributed by atoms with E-state index in [-0.39, 0.29) is 18.9 Å². The van der Waals surface area contributed by atoms with Crippen molar-refractivity contribution in [2.24, 2.45) is 10.7 Å². The molecule has 0 unspecified atom stereocenters. The Hall–Kier alpha value is -4.63. The van der Waals surface area contributed by atoms with Crippen LogP contribution >= 0.6 is 0 Å². The third-order valence-electron chi connectivity index (χ3n) is 5.93. The number of ether oxygens (including phenoxy) is 2. The van der Waals surface area contributed by atoms with Gasteiger partial charge in [-0.25, -0.2) is 13.8 Å². The number of benzene rings is 2. The van der Waals surface area contributed by atoms with E-state index in [1.807, 2.05) is 11.9 Å². The lowest BCUT2D eigenvalue weighted by molar-refractivity contribution is -0.118. The number of carbonyl (C=O) groups is 1. The molecule has 0 saturated carbocycles. The summed E-state index contributed by atoms with van der Waals surface area (Å²) in [5.41, 5.74) is 6.86. The highest BCUT2D eigenvalue weighted by Gasteiger charge is 2.29. The molecule has 1 aliphatic rings. The van der Waals surface area contributed by atoms with Crippen molar-refractivity contribution in [1.82, 2.24) is 14.7 Å². The maximum absolute atomic E-state index is 14.9. The van der Waals surface area contributed by atoms with Gasteiger partial charge in [-0.2, -0.15) is 5.10 Å². The Balaban J connectivity index is 1.70. The van der Waals surface area contributed by atoms with Crippen LogP contribution in [0.25, 0.3) is 0 Å². The maximum atomic E-state index is 14.9. The Bertz CT molecular complexity index is 1420. The first kappa shape index (κ1) is 27.4. The van der Waals surface area contributed by atoms with Crippen LogP contribution in [0.4, 0.5) is 25.8 Å². The lowest BCUT2D eigenvalue weighted by Gasteiger charge is -2.33. The van der Waals surface area contributed by atoms with Crippen molar-refractivity contribution in [3.63, 3.8) is 0 Å². The van der Waals surface area contributed by atoms with E-state index in [0.717, 1.165) is 19.0 Å². The summed E-state index contributed by atoms with van der Waals surface area (Å²) in [6.07, 6.45) is 9.08. The molecule has 204 valence electrons. The molecule has 0 fully saturated rings. The number of nitrogens with two attached hydrogens (primary N) is 1. The fourth-order valence-electron chi connectivity index (χ4n) is 4.10. The van der Waals surface area contributed by atoms with Crippen molar-refractivity contribution in [2.75, 3.05) is 50.7 Å². The quantitative estimate of drug-likeness (QED) is 0.286. The molecular formula is C27H29F2N7O3. The number of hydrogen-bond acceptors (Lipinski definition) is 7. The molecule has 10 nitrogen and oxygen atoms in total. The Kier molecular flexibility index (Phi) is 8.63. The van der Waals surface area contributed by atoms with Gasteiger partial charge in [-0.15, -0.1) is 6.42 Å². The molecule has 1 amide bonds. The van der Waals surface area contributed by atoms with Crippen LogP contribution in [0.3, 0.4) is 0 Å². The molecular weight excluding hydrogens is 508 g/mol. The summed E-state index contributed by atoms with van der Waals surface area (Å²) in [6.45, 7) is 1.72. The van der Waals surface area contributed by atoms with Gasteiger partial charge in [-0.1, -0.05) is 12.0 Å². The summed E-state index contributed by atoms with van der Waals surface area (Å²) in [5.74, 6) is 1.31. The second kappa shape index (κ2) is 12.3. The lowest BCUT2D eigenvalue weighted by atomic mass is 10.1. The van der Waals surface area contributed by atoms with E-state index < -0.39 is 17.5 Å². The van der Waals surface area contributed by atoms with Crippen molar-refractivity contribution < 1.29 is 23.0 Å². The molecule has 0 bridgehead atoms. The van der Waals surface area contributed by atoms with E-state index in [0.29, 0.717) is 47.4 Å². The number of aromatic nitrogens is 2. The monoisotopic (exact) mass is 537 g/mol. The molecule has 12 heteroatoms. The highest BCUT2D eigenvalue weighted by atomic mass is 19.2. The minimum absolute atomic E-state index is 0.00758. The molecule has 4 rings (SSSR count). The predicted molar refractivity (Wildman–Crippen MR) is 144 cm³/mol. The van der Waals surface area contributed by atoms with Crippen LogP contribution in [0.5, 0.6) is 11.5 Å². The average Bonchev–Trinajstić information content (AvgIpc) is 3.34. The summed E-state index contributed by atoms with van der Waals surface area (Å²) in [5, 5.41) is 7.33. The number of nitrogens with zero attached hydrogens (tertiary/aromatic N) is 5. The van der Waals surface area contributed by atoms with Gasteiger partial charge >= 0.3 is 0 Å². The first-order chi connectivity index (χ1) is 18.8. The number of fused-ring (bicyclic) bond motifs is 1. The zero-order chi connectivity index (χ0) is 27.9. The van der Waals surface area contributed by atoms with E-state index in [4.69, 9.17) is 26.6 Å². The van der Waals surface area contributed by atoms with Crippen LogP contribution in [0.2, 0.25) is 0 Å². The molecule has 2 heterocycles. The van der Waals surface area contributed by atoms with Crippen molar-refractivity contribution >= 4 is 28.8 Å². The zero-order valence-electron chi connectivity index (χ0n) is 21.7. The van der Waals surface area contributed by atoms with E-state index in [9.17, 15) is 13.6 Å². The Morgan fingerprint density at radius 1 is 1.33 bits per heavy atom. The number of carbonyl (C=O) groups excluding carboxylic acids is 1. The first-order valence-corrected chi connectivity index (χ1v) is 12.1. The molecule has 0 saturated heterocycles. The van der Waals surface area contributed by atoms with Gasteiger partial charge in [0.05, 0.1) is 50.7 Å². The third-order valence-corrected chi connectivity index (χ3v) is 5.93. The van der Waals surface area contributed by atoms with E-state index in [1.165, 1.54) is 41.2 Å². The first-order valence-electron chi connectivity index (χ1n) is 12.1. The molecule has 3 N–H and O–H groups in total. The van der Waals surface area contributed by atoms with Gasteiger partial charge in [0.2, 0.25) is 5.91 Å². The van der Waals surface area contributed by atoms with Gasteiger partial charge in [-0.05, 0) is 31.7 Å². The molecule has 0 atom stereocenters. The summed E-state index contributed by atoms with van der Waals surface area (Å²) >= 11 is 0. The fraction of sp³-hybridized carbons (Fsp3) is 0.296. The molecule has 39 heavy (non-hydrogen) atoms. The summed E-state index contributed by atoms with van der Waals surface area (Å²) < 4.78 is 42.0. The van der Waals surface area contributed by atoms with Gasteiger partial charge in [0, 0.05) is 18.2 Å². The number of terminal acetylenes is 1. The molecule has 1 aliphatic heterocycles. The number of anilines is 2. The van der Waals surface area contributed by atoms with Gasteiger partial charge < -0.3 is 25.4 Å². The second-order valence-electron chi connectivity index (χ2n) is 8.83. The van der Waals surface area contributed by atoms with E-state index in [2.05, 4.69) is 16.3 Å². The SMILES string of the molecule is C#CCN(C)CCCOc1cc2c(cc1OC)C(=Nc1cnn(CC(N)=O)c1)N(c1cccc(F)c1F)CN2. The number of amides is 1. The van der Waals surface area contributed by atoms with Gasteiger partial charge in [0.25, 0.3) is 0 Å². The van der Waals surface area contributed by atoms with Gasteiger partial charge in [0.15, 0.2) is 23.1 Å². The molecule has 3 aromatic rings. The van der Waals surface area contributed by atoms with Crippen LogP contribution in [-0.2, 0) is 11.3 Å². The van der Waals surface area contributed by atoms with Crippen LogP contribution < -0.4 is 25.4 Å². The Morgan fingerprint density at radius 2 is 2.15 bits per heavy atom. The zero-order valence-corrected chi connectivity index (χ0v) is 21.7. The van der Waals surface area contributed by atoms with Crippen LogP contribution in [0, 0.1) is 24.0 Å². The fourth-order valence-corrected chi connectivity index (χ4v) is 4.10. The van der Waals surface area contributed by atoms with Crippen LogP contribution in [0.15, 0.2) is 47.7 Å². The minimum atomic E-state index is -1.01. The third kappa shape index (κ3) is 6.45. The van der Waals surface area contributed by atoms with Crippen LogP contribution in [0.1, 0.15) is 12.0 Å². The van der Waals surface area contributed by atoms with Gasteiger partial charge in [0.1, 0.15) is 18.1 Å². The number of methoxy groups -OCH3 is 1. The van der Waals surface area contributed by atoms with E-state index >= 15 is 0 Å². The molecule has 1 aromatic heterocycles. The number of halogens is 2. The van der Waals surface area contributed by atoms with Crippen molar-refractivity contribution in [1.29, 1.82) is 0 Å². The second-order valence-corrected chi connectivity index (χ2v) is 8.83. The normalized spacial score (nSPS) is 13.6. The minimum Gasteiger partial charge on any atom is -0.493 e. The number of hydrogen-bond donors (Lipinski definition) is 2. The Labute approximate surface area is 225 Å². The smallest absolute Gasteiger partial charge is 0.239 e. The molecule has 0 radical (unpaired) electrons. The molecule has 2 aromatic carbocycles. The predicted octanol–water partition coefficient (Wildman–Crippen LogP) is 2.96. The Morgan fingerprint density at radius 3 is 2.90 bits per heavy atom. The number of aliphatic imine (C=N–C) groups is 1. The summed E-state index contributed by atoms with van der Waals surface area (Å²) in [6, 6.07) is 7.43. The number of primary amides is 1. The number of rotatable bonds is 11. The standard InChI is InChI=1S/C27H29F2N7O3/c1-4-9-34(2)10-6-11-39-24-13-21-19(12-23(24)38-3)27(33-18-14-32-35(15-18)16-25(30)37)36(17-31-21)22-8-5-7-20(28)26(22)29/h1,5,7-8,12-15,31H,6,9-11,16-17H2,2-3H3,(H2,30,37). The average molecular weight is 538 g/mol. The molecule has 0 aliphatic carbocycles. The van der Waals surface area contributed by atoms with Crippen molar-refractivity contribution in [2.45, 2.75) is 13.0 Å². The van der Waals surface area contributed by atoms with Crippen molar-refractivity contribution in [3.05, 3.63) is 59.9 Å². The lowest BCUT2D eigenvalue weighted by Crippen LogP contribution is -2.41. The highest BCUT2D eigenvalue weighted by molar-refractivity contribution is 6.16. The largest absolute Gasteiger partial charge is 0.493 e. The molecule has 0 spiro atoms.